The topological polar surface area (TPSA) is 61.3 Å². The molecule has 0 unspecified atom stereocenters. The molecule has 0 saturated heterocycles. The van der Waals surface area contributed by atoms with Crippen LogP contribution in [0.3, 0.4) is 0 Å². The van der Waals surface area contributed by atoms with Crippen LogP contribution < -0.4 is 5.32 Å². The molecule has 1 aliphatic carbocycles. The van der Waals surface area contributed by atoms with E-state index in [9.17, 15) is 5.11 Å². The summed E-state index contributed by atoms with van der Waals surface area (Å²) in [6, 6.07) is 0. The van der Waals surface area contributed by atoms with Crippen LogP contribution in [-0.2, 0) is 6.54 Å². The van der Waals surface area contributed by atoms with Crippen LogP contribution in [-0.4, -0.2) is 45.8 Å². The Bertz CT molecular complexity index is 351. The minimum atomic E-state index is -0.0633. The van der Waals surface area contributed by atoms with Gasteiger partial charge in [0.05, 0.1) is 6.10 Å². The van der Waals surface area contributed by atoms with Gasteiger partial charge in [0.2, 0.25) is 0 Å². The number of aliphatic hydroxyl groups is 1. The Labute approximate surface area is 106 Å². The summed E-state index contributed by atoms with van der Waals surface area (Å²) >= 11 is 1.42. The summed E-state index contributed by atoms with van der Waals surface area (Å²) in [6.07, 6.45) is 1.83. The summed E-state index contributed by atoms with van der Waals surface area (Å²) in [6.45, 7) is 4.82. The van der Waals surface area contributed by atoms with Crippen LogP contribution in [0.5, 0.6) is 0 Å². The third-order valence-corrected chi connectivity index (χ3v) is 3.82. The molecular formula is C11H20N4OS. The van der Waals surface area contributed by atoms with E-state index in [0.29, 0.717) is 5.92 Å². The van der Waals surface area contributed by atoms with E-state index in [2.05, 4.69) is 33.8 Å². The van der Waals surface area contributed by atoms with Crippen molar-refractivity contribution < 1.29 is 5.11 Å². The predicted octanol–water partition coefficient (Wildman–Crippen LogP) is 1.17. The third kappa shape index (κ3) is 3.37. The van der Waals surface area contributed by atoms with Gasteiger partial charge in [-0.25, -0.2) is 0 Å². The standard InChI is InChI=1S/C11H20N4OS/c1-3-12-11-10(13-14-17-11)7-15(2)6-8-4-9(16)5-8/h8-9,12,16H,3-7H2,1-2H3. The van der Waals surface area contributed by atoms with Gasteiger partial charge in [0, 0.05) is 31.2 Å². The molecule has 5 nitrogen and oxygen atoms in total. The third-order valence-electron chi connectivity index (χ3n) is 3.09. The molecule has 0 atom stereocenters. The van der Waals surface area contributed by atoms with Crippen LogP contribution in [0, 0.1) is 5.92 Å². The zero-order chi connectivity index (χ0) is 12.3. The Morgan fingerprint density at radius 3 is 2.94 bits per heavy atom. The molecule has 0 radical (unpaired) electrons. The van der Waals surface area contributed by atoms with E-state index < -0.39 is 0 Å². The highest BCUT2D eigenvalue weighted by molar-refractivity contribution is 7.10. The minimum Gasteiger partial charge on any atom is -0.393 e. The zero-order valence-corrected chi connectivity index (χ0v) is 11.2. The predicted molar refractivity (Wildman–Crippen MR) is 69.1 cm³/mol. The number of nitrogens with zero attached hydrogens (tertiary/aromatic N) is 3. The van der Waals surface area contributed by atoms with E-state index in [1.54, 1.807) is 0 Å². The average molecular weight is 256 g/mol. The summed E-state index contributed by atoms with van der Waals surface area (Å²) in [5.41, 5.74) is 1.03. The molecule has 17 heavy (non-hydrogen) atoms. The van der Waals surface area contributed by atoms with E-state index in [-0.39, 0.29) is 6.10 Å². The van der Waals surface area contributed by atoms with Crippen LogP contribution in [0.25, 0.3) is 0 Å². The van der Waals surface area contributed by atoms with E-state index >= 15 is 0 Å². The number of aliphatic hydroxyl groups excluding tert-OH is 1. The second kappa shape index (κ2) is 5.75. The summed E-state index contributed by atoms with van der Waals surface area (Å²) < 4.78 is 3.98. The minimum absolute atomic E-state index is 0.0633. The molecule has 1 fully saturated rings. The second-order valence-corrected chi connectivity index (χ2v) is 5.52. The van der Waals surface area contributed by atoms with Gasteiger partial charge >= 0.3 is 0 Å². The molecule has 1 aliphatic rings. The summed E-state index contributed by atoms with van der Waals surface area (Å²) in [5, 5.41) is 17.8. The lowest BCUT2D eigenvalue weighted by atomic mass is 9.82. The first-order valence-corrected chi connectivity index (χ1v) is 6.88. The molecule has 2 N–H and O–H groups in total. The van der Waals surface area contributed by atoms with Crippen molar-refractivity contribution in [1.82, 2.24) is 14.5 Å². The molecule has 1 aromatic heterocycles. The Morgan fingerprint density at radius 1 is 1.53 bits per heavy atom. The van der Waals surface area contributed by atoms with Crippen molar-refractivity contribution in [2.24, 2.45) is 5.92 Å². The van der Waals surface area contributed by atoms with E-state index in [4.69, 9.17) is 0 Å². The van der Waals surface area contributed by atoms with Crippen molar-refractivity contribution in [1.29, 1.82) is 0 Å². The smallest absolute Gasteiger partial charge is 0.134 e. The van der Waals surface area contributed by atoms with Gasteiger partial charge in [0.15, 0.2) is 0 Å². The number of rotatable bonds is 6. The van der Waals surface area contributed by atoms with Gasteiger partial charge in [-0.05, 0) is 32.7 Å². The molecule has 6 heteroatoms. The molecule has 1 aromatic rings. The molecule has 0 spiro atoms. The summed E-state index contributed by atoms with van der Waals surface area (Å²) in [5.74, 6) is 0.643. The lowest BCUT2D eigenvalue weighted by molar-refractivity contribution is 0.0272. The zero-order valence-electron chi connectivity index (χ0n) is 10.4. The van der Waals surface area contributed by atoms with Crippen molar-refractivity contribution >= 4 is 16.5 Å². The maximum absolute atomic E-state index is 9.25. The van der Waals surface area contributed by atoms with Crippen molar-refractivity contribution in [3.05, 3.63) is 5.69 Å². The highest BCUT2D eigenvalue weighted by atomic mass is 32.1. The quantitative estimate of drug-likeness (QED) is 0.800. The van der Waals surface area contributed by atoms with Gasteiger partial charge in [-0.15, -0.1) is 5.10 Å². The van der Waals surface area contributed by atoms with E-state index in [1.807, 2.05) is 0 Å². The first-order valence-electron chi connectivity index (χ1n) is 6.10. The van der Waals surface area contributed by atoms with Gasteiger partial charge in [-0.2, -0.15) is 0 Å². The first kappa shape index (κ1) is 12.7. The average Bonchev–Trinajstić information content (AvgIpc) is 2.64. The van der Waals surface area contributed by atoms with Gasteiger partial charge in [-0.1, -0.05) is 4.49 Å². The molecule has 1 heterocycles. The molecular weight excluding hydrogens is 236 g/mol. The Kier molecular flexibility index (Phi) is 4.31. The monoisotopic (exact) mass is 256 g/mol. The van der Waals surface area contributed by atoms with Crippen LogP contribution in [0.1, 0.15) is 25.5 Å². The summed E-state index contributed by atoms with van der Waals surface area (Å²) in [4.78, 5) is 2.26. The number of hydrogen-bond donors (Lipinski definition) is 2. The highest BCUT2D eigenvalue weighted by Crippen LogP contribution is 2.28. The Morgan fingerprint density at radius 2 is 2.29 bits per heavy atom. The number of anilines is 1. The van der Waals surface area contributed by atoms with Crippen LogP contribution in [0.2, 0.25) is 0 Å². The molecule has 0 aromatic carbocycles. The first-order chi connectivity index (χ1) is 8.19. The van der Waals surface area contributed by atoms with Crippen LogP contribution in [0.4, 0.5) is 5.00 Å². The van der Waals surface area contributed by atoms with E-state index in [0.717, 1.165) is 43.2 Å². The van der Waals surface area contributed by atoms with Crippen molar-refractivity contribution in [3.8, 4) is 0 Å². The normalized spacial score (nSPS) is 23.8. The van der Waals surface area contributed by atoms with Gasteiger partial charge in [-0.3, -0.25) is 0 Å². The van der Waals surface area contributed by atoms with Crippen LogP contribution >= 0.6 is 11.5 Å². The fourth-order valence-corrected chi connectivity index (χ4v) is 2.86. The van der Waals surface area contributed by atoms with Crippen molar-refractivity contribution in [2.75, 3.05) is 25.5 Å². The number of nitrogens with one attached hydrogen (secondary N) is 1. The van der Waals surface area contributed by atoms with Gasteiger partial charge in [0.1, 0.15) is 10.7 Å². The molecule has 2 rings (SSSR count). The lowest BCUT2D eigenvalue weighted by Gasteiger charge is -2.34. The maximum Gasteiger partial charge on any atom is 0.134 e. The SMILES string of the molecule is CCNc1snnc1CN(C)CC1CC(O)C1. The molecule has 0 bridgehead atoms. The van der Waals surface area contributed by atoms with Crippen molar-refractivity contribution in [2.45, 2.75) is 32.4 Å². The van der Waals surface area contributed by atoms with Gasteiger partial charge < -0.3 is 15.3 Å². The van der Waals surface area contributed by atoms with Crippen molar-refractivity contribution in [3.63, 3.8) is 0 Å². The largest absolute Gasteiger partial charge is 0.393 e. The van der Waals surface area contributed by atoms with Crippen LogP contribution in [0.15, 0.2) is 0 Å². The van der Waals surface area contributed by atoms with Gasteiger partial charge in [0.25, 0.3) is 0 Å². The number of aromatic nitrogens is 2. The van der Waals surface area contributed by atoms with E-state index in [1.165, 1.54) is 11.5 Å². The Hall–Kier alpha value is -0.720. The molecule has 96 valence electrons. The molecule has 0 amide bonds. The Balaban J connectivity index is 1.80. The fourth-order valence-electron chi connectivity index (χ4n) is 2.22. The highest BCUT2D eigenvalue weighted by Gasteiger charge is 2.28. The molecule has 1 saturated carbocycles. The second-order valence-electron chi connectivity index (χ2n) is 4.77. The maximum atomic E-state index is 9.25. The fraction of sp³-hybridized carbons (Fsp3) is 0.818. The molecule has 0 aliphatic heterocycles. The lowest BCUT2D eigenvalue weighted by Crippen LogP contribution is -2.36. The summed E-state index contributed by atoms with van der Waals surface area (Å²) in [7, 11) is 2.10. The number of hydrogen-bond acceptors (Lipinski definition) is 6.